The summed E-state index contributed by atoms with van der Waals surface area (Å²) in [6.07, 6.45) is 2.09. The summed E-state index contributed by atoms with van der Waals surface area (Å²) in [7, 11) is 2.09. The normalized spacial score (nSPS) is 24.3. The maximum absolute atomic E-state index is 3.44. The lowest BCUT2D eigenvalue weighted by Gasteiger charge is -2.09. The summed E-state index contributed by atoms with van der Waals surface area (Å²) >= 11 is 1.98. The fourth-order valence-corrected chi connectivity index (χ4v) is 2.49. The third kappa shape index (κ3) is 1.30. The molecule has 0 bridgehead atoms. The van der Waals surface area contributed by atoms with Crippen LogP contribution in [-0.2, 0) is 7.05 Å². The van der Waals surface area contributed by atoms with E-state index in [4.69, 9.17) is 0 Å². The molecule has 0 spiro atoms. The van der Waals surface area contributed by atoms with Crippen LogP contribution in [0.4, 0.5) is 0 Å². The first-order chi connectivity index (χ1) is 5.38. The van der Waals surface area contributed by atoms with Gasteiger partial charge in [-0.25, -0.2) is 0 Å². The van der Waals surface area contributed by atoms with Crippen molar-refractivity contribution in [1.29, 1.82) is 0 Å². The fourth-order valence-electron chi connectivity index (χ4n) is 1.36. The Labute approximate surface area is 71.0 Å². The molecule has 2 nitrogen and oxygen atoms in total. The summed E-state index contributed by atoms with van der Waals surface area (Å²) in [4.78, 5) is 0. The van der Waals surface area contributed by atoms with Crippen molar-refractivity contribution in [1.82, 2.24) is 9.88 Å². The van der Waals surface area contributed by atoms with Gasteiger partial charge in [-0.2, -0.15) is 0 Å². The molecule has 0 aromatic carbocycles. The van der Waals surface area contributed by atoms with E-state index in [2.05, 4.69) is 35.3 Å². The predicted molar refractivity (Wildman–Crippen MR) is 48.6 cm³/mol. The molecule has 3 heteroatoms. The topological polar surface area (TPSA) is 17.0 Å². The Hall–Kier alpha value is -0.410. The molecule has 1 atom stereocenters. The first-order valence-electron chi connectivity index (χ1n) is 3.84. The van der Waals surface area contributed by atoms with Crippen LogP contribution in [0.2, 0.25) is 0 Å². The third-order valence-corrected chi connectivity index (χ3v) is 3.15. The second-order valence-electron chi connectivity index (χ2n) is 2.75. The van der Waals surface area contributed by atoms with Gasteiger partial charge in [0.1, 0.15) is 0 Å². The number of thioether (sulfide) groups is 1. The maximum atomic E-state index is 3.44. The zero-order valence-corrected chi connectivity index (χ0v) is 7.40. The molecular formula is C8H12N2S. The molecule has 0 saturated carbocycles. The monoisotopic (exact) mass is 168 g/mol. The van der Waals surface area contributed by atoms with Crippen molar-refractivity contribution in [2.45, 2.75) is 5.37 Å². The number of nitrogens with zero attached hydrogens (tertiary/aromatic N) is 1. The standard InChI is InChI=1S/C8H12N2S/c1-10-5-2-3-7(10)8-9-4-6-11-8/h2-3,5,8-9H,4,6H2,1H3/t8-/m0/s1. The Morgan fingerprint density at radius 2 is 2.64 bits per heavy atom. The average Bonchev–Trinajstić information content (AvgIpc) is 2.55. The summed E-state index contributed by atoms with van der Waals surface area (Å²) < 4.78 is 2.18. The van der Waals surface area contributed by atoms with Gasteiger partial charge in [-0.1, -0.05) is 0 Å². The lowest BCUT2D eigenvalue weighted by molar-refractivity contribution is 0.695. The van der Waals surface area contributed by atoms with E-state index in [1.165, 1.54) is 11.4 Å². The Bertz CT molecular complexity index is 238. The highest BCUT2D eigenvalue weighted by atomic mass is 32.2. The summed E-state index contributed by atoms with van der Waals surface area (Å²) in [5.74, 6) is 1.23. The molecule has 1 aliphatic heterocycles. The molecule has 0 amide bonds. The van der Waals surface area contributed by atoms with E-state index in [9.17, 15) is 0 Å². The zero-order valence-electron chi connectivity index (χ0n) is 6.58. The Morgan fingerprint density at radius 1 is 1.73 bits per heavy atom. The van der Waals surface area contributed by atoms with Gasteiger partial charge >= 0.3 is 0 Å². The first kappa shape index (κ1) is 7.25. The van der Waals surface area contributed by atoms with Crippen LogP contribution < -0.4 is 5.32 Å². The highest BCUT2D eigenvalue weighted by molar-refractivity contribution is 7.99. The molecule has 0 unspecified atom stereocenters. The van der Waals surface area contributed by atoms with E-state index < -0.39 is 0 Å². The Kier molecular flexibility index (Phi) is 1.92. The lowest BCUT2D eigenvalue weighted by atomic mass is 10.4. The van der Waals surface area contributed by atoms with Crippen molar-refractivity contribution in [2.75, 3.05) is 12.3 Å². The van der Waals surface area contributed by atoms with Gasteiger partial charge in [-0.3, -0.25) is 5.32 Å². The van der Waals surface area contributed by atoms with Gasteiger partial charge in [0.25, 0.3) is 0 Å². The average molecular weight is 168 g/mol. The number of aryl methyl sites for hydroxylation is 1. The van der Waals surface area contributed by atoms with Gasteiger partial charge in [-0.15, -0.1) is 11.8 Å². The quantitative estimate of drug-likeness (QED) is 0.682. The van der Waals surface area contributed by atoms with E-state index in [-0.39, 0.29) is 0 Å². The number of nitrogens with one attached hydrogen (secondary N) is 1. The lowest BCUT2D eigenvalue weighted by Crippen LogP contribution is -2.14. The van der Waals surface area contributed by atoms with Crippen LogP contribution in [0, 0.1) is 0 Å². The van der Waals surface area contributed by atoms with Crippen LogP contribution in [0.1, 0.15) is 11.1 Å². The molecule has 1 N–H and O–H groups in total. The first-order valence-corrected chi connectivity index (χ1v) is 4.89. The van der Waals surface area contributed by atoms with E-state index in [1.807, 2.05) is 11.8 Å². The summed E-state index contributed by atoms with van der Waals surface area (Å²) in [6, 6.07) is 4.27. The van der Waals surface area contributed by atoms with Crippen molar-refractivity contribution in [3.63, 3.8) is 0 Å². The minimum absolute atomic E-state index is 0.523. The van der Waals surface area contributed by atoms with Gasteiger partial charge < -0.3 is 4.57 Å². The maximum Gasteiger partial charge on any atom is 0.0942 e. The van der Waals surface area contributed by atoms with Gasteiger partial charge in [0.15, 0.2) is 0 Å². The molecular weight excluding hydrogens is 156 g/mol. The minimum Gasteiger partial charge on any atom is -0.352 e. The minimum atomic E-state index is 0.523. The molecule has 1 aliphatic rings. The molecule has 2 heterocycles. The number of hydrogen-bond acceptors (Lipinski definition) is 2. The van der Waals surface area contributed by atoms with Gasteiger partial charge in [-0.05, 0) is 12.1 Å². The molecule has 60 valence electrons. The van der Waals surface area contributed by atoms with Gasteiger partial charge in [0.05, 0.1) is 5.37 Å². The van der Waals surface area contributed by atoms with E-state index in [1.54, 1.807) is 0 Å². The zero-order chi connectivity index (χ0) is 7.68. The second kappa shape index (κ2) is 2.91. The second-order valence-corrected chi connectivity index (χ2v) is 3.96. The molecule has 1 saturated heterocycles. The third-order valence-electron chi connectivity index (χ3n) is 1.97. The molecule has 2 rings (SSSR count). The van der Waals surface area contributed by atoms with Gasteiger partial charge in [0, 0.05) is 31.2 Å². The summed E-state index contributed by atoms with van der Waals surface area (Å²) in [5.41, 5.74) is 1.38. The smallest absolute Gasteiger partial charge is 0.0942 e. The Balaban J connectivity index is 2.21. The van der Waals surface area contributed by atoms with Crippen LogP contribution in [0.15, 0.2) is 18.3 Å². The van der Waals surface area contributed by atoms with Crippen LogP contribution in [0.3, 0.4) is 0 Å². The van der Waals surface area contributed by atoms with Crippen molar-refractivity contribution in [3.05, 3.63) is 24.0 Å². The summed E-state index contributed by atoms with van der Waals surface area (Å²) in [6.45, 7) is 1.14. The van der Waals surface area contributed by atoms with Gasteiger partial charge in [0.2, 0.25) is 0 Å². The number of hydrogen-bond donors (Lipinski definition) is 1. The number of rotatable bonds is 1. The van der Waals surface area contributed by atoms with Crippen molar-refractivity contribution < 1.29 is 0 Å². The molecule has 0 radical (unpaired) electrons. The molecule has 11 heavy (non-hydrogen) atoms. The van der Waals surface area contributed by atoms with Crippen LogP contribution >= 0.6 is 11.8 Å². The van der Waals surface area contributed by atoms with Crippen LogP contribution in [0.25, 0.3) is 0 Å². The van der Waals surface area contributed by atoms with Crippen LogP contribution in [-0.4, -0.2) is 16.9 Å². The summed E-state index contributed by atoms with van der Waals surface area (Å²) in [5, 5.41) is 3.97. The predicted octanol–water partition coefficient (Wildman–Crippen LogP) is 1.36. The van der Waals surface area contributed by atoms with Crippen molar-refractivity contribution in [2.24, 2.45) is 7.05 Å². The SMILES string of the molecule is Cn1cccc1[C@H]1NCCS1. The van der Waals surface area contributed by atoms with Crippen LogP contribution in [0.5, 0.6) is 0 Å². The highest BCUT2D eigenvalue weighted by Crippen LogP contribution is 2.29. The van der Waals surface area contributed by atoms with E-state index in [0.717, 1.165) is 6.54 Å². The van der Waals surface area contributed by atoms with Crippen molar-refractivity contribution in [3.8, 4) is 0 Å². The van der Waals surface area contributed by atoms with E-state index in [0.29, 0.717) is 5.37 Å². The van der Waals surface area contributed by atoms with Crippen molar-refractivity contribution >= 4 is 11.8 Å². The molecule has 0 aliphatic carbocycles. The molecule has 1 fully saturated rings. The fraction of sp³-hybridized carbons (Fsp3) is 0.500. The van der Waals surface area contributed by atoms with E-state index >= 15 is 0 Å². The Morgan fingerprint density at radius 3 is 3.18 bits per heavy atom. The molecule has 1 aromatic heterocycles. The highest BCUT2D eigenvalue weighted by Gasteiger charge is 2.17. The number of aromatic nitrogens is 1. The molecule has 1 aromatic rings. The largest absolute Gasteiger partial charge is 0.352 e.